The van der Waals surface area contributed by atoms with E-state index < -0.39 is 11.3 Å². The van der Waals surface area contributed by atoms with Gasteiger partial charge in [0.25, 0.3) is 5.91 Å². The number of hydrogen-bond acceptors (Lipinski definition) is 3. The van der Waals surface area contributed by atoms with Gasteiger partial charge in [-0.1, -0.05) is 17.7 Å². The third-order valence-electron chi connectivity index (χ3n) is 2.66. The Morgan fingerprint density at radius 3 is 2.56 bits per heavy atom. The third kappa shape index (κ3) is 3.13. The molecule has 5 N–H and O–H groups in total. The van der Waals surface area contributed by atoms with Crippen LogP contribution in [0.2, 0.25) is 5.02 Å². The highest BCUT2D eigenvalue weighted by atomic mass is 35.5. The molecule has 0 saturated carbocycles. The van der Waals surface area contributed by atoms with E-state index in [-0.39, 0.29) is 23.7 Å². The summed E-state index contributed by atoms with van der Waals surface area (Å²) in [5, 5.41) is 2.93. The molecule has 2 amide bonds. The molecule has 6 heteroatoms. The van der Waals surface area contributed by atoms with E-state index in [0.29, 0.717) is 5.02 Å². The first-order chi connectivity index (χ1) is 8.25. The average molecular weight is 270 g/mol. The summed E-state index contributed by atoms with van der Waals surface area (Å²) in [6.07, 6.45) is 0. The molecule has 0 bridgehead atoms. The zero-order valence-electron chi connectivity index (χ0n) is 10.3. The Kier molecular flexibility index (Phi) is 4.19. The molecule has 1 rings (SSSR count). The summed E-state index contributed by atoms with van der Waals surface area (Å²) in [7, 11) is 0. The van der Waals surface area contributed by atoms with Crippen molar-refractivity contribution in [1.82, 2.24) is 5.32 Å². The van der Waals surface area contributed by atoms with E-state index in [9.17, 15) is 9.59 Å². The van der Waals surface area contributed by atoms with Crippen molar-refractivity contribution in [1.29, 1.82) is 0 Å². The first-order valence-electron chi connectivity index (χ1n) is 5.38. The topological polar surface area (TPSA) is 98.2 Å². The van der Waals surface area contributed by atoms with Crippen LogP contribution < -0.4 is 16.8 Å². The van der Waals surface area contributed by atoms with Gasteiger partial charge in [0.05, 0.1) is 21.7 Å². The number of nitrogens with two attached hydrogens (primary N) is 2. The summed E-state index contributed by atoms with van der Waals surface area (Å²) in [5.74, 6) is -0.869. The van der Waals surface area contributed by atoms with Gasteiger partial charge in [-0.3, -0.25) is 9.59 Å². The molecule has 0 radical (unpaired) electrons. The van der Waals surface area contributed by atoms with E-state index in [4.69, 9.17) is 23.1 Å². The van der Waals surface area contributed by atoms with Gasteiger partial charge in [0.15, 0.2) is 0 Å². The molecule has 0 aliphatic carbocycles. The van der Waals surface area contributed by atoms with Crippen molar-refractivity contribution in [2.24, 2.45) is 11.1 Å². The SMILES string of the molecule is CC(C)(CNC(=O)c1cccc(Cl)c1N)C(N)=O. The number of benzene rings is 1. The number of nitrogen functional groups attached to an aromatic ring is 1. The Morgan fingerprint density at radius 1 is 1.39 bits per heavy atom. The van der Waals surface area contributed by atoms with E-state index >= 15 is 0 Å². The molecule has 0 aromatic heterocycles. The lowest BCUT2D eigenvalue weighted by molar-refractivity contribution is -0.125. The van der Waals surface area contributed by atoms with Crippen LogP contribution in [0.4, 0.5) is 5.69 Å². The van der Waals surface area contributed by atoms with Gasteiger partial charge in [-0.2, -0.15) is 0 Å². The van der Waals surface area contributed by atoms with Crippen LogP contribution in [0.5, 0.6) is 0 Å². The van der Waals surface area contributed by atoms with E-state index in [1.165, 1.54) is 0 Å². The number of anilines is 1. The smallest absolute Gasteiger partial charge is 0.253 e. The predicted octanol–water partition coefficient (Wildman–Crippen LogP) is 1.16. The minimum Gasteiger partial charge on any atom is -0.397 e. The normalized spacial score (nSPS) is 11.1. The van der Waals surface area contributed by atoms with Gasteiger partial charge >= 0.3 is 0 Å². The molecule has 0 aliphatic heterocycles. The van der Waals surface area contributed by atoms with Crippen LogP contribution in [-0.4, -0.2) is 18.4 Å². The quantitative estimate of drug-likeness (QED) is 0.716. The van der Waals surface area contributed by atoms with Crippen LogP contribution in [-0.2, 0) is 4.79 Å². The molecule has 98 valence electrons. The average Bonchev–Trinajstić information content (AvgIpc) is 2.29. The van der Waals surface area contributed by atoms with Crippen molar-refractivity contribution in [2.45, 2.75) is 13.8 Å². The Labute approximate surface area is 110 Å². The number of primary amides is 1. The number of carbonyl (C=O) groups is 2. The first kappa shape index (κ1) is 14.3. The molecule has 5 nitrogen and oxygen atoms in total. The monoisotopic (exact) mass is 269 g/mol. The number of rotatable bonds is 4. The minimum atomic E-state index is -0.816. The molecule has 0 heterocycles. The van der Waals surface area contributed by atoms with Crippen LogP contribution >= 0.6 is 11.6 Å². The Morgan fingerprint density at radius 2 is 2.00 bits per heavy atom. The van der Waals surface area contributed by atoms with Crippen LogP contribution in [0.15, 0.2) is 18.2 Å². The van der Waals surface area contributed by atoms with E-state index in [1.54, 1.807) is 32.0 Å². The van der Waals surface area contributed by atoms with Gasteiger partial charge in [-0.25, -0.2) is 0 Å². The number of halogens is 1. The van der Waals surface area contributed by atoms with E-state index in [1.807, 2.05) is 0 Å². The lowest BCUT2D eigenvalue weighted by Crippen LogP contribution is -2.42. The second kappa shape index (κ2) is 5.27. The molecule has 1 aromatic carbocycles. The fourth-order valence-electron chi connectivity index (χ4n) is 1.22. The fourth-order valence-corrected chi connectivity index (χ4v) is 1.39. The van der Waals surface area contributed by atoms with Crippen molar-refractivity contribution in [3.8, 4) is 0 Å². The Balaban J connectivity index is 2.78. The van der Waals surface area contributed by atoms with E-state index in [0.717, 1.165) is 0 Å². The van der Waals surface area contributed by atoms with Crippen molar-refractivity contribution in [3.05, 3.63) is 28.8 Å². The van der Waals surface area contributed by atoms with Crippen molar-refractivity contribution in [2.75, 3.05) is 12.3 Å². The molecular weight excluding hydrogens is 254 g/mol. The van der Waals surface area contributed by atoms with Crippen LogP contribution in [0.25, 0.3) is 0 Å². The largest absolute Gasteiger partial charge is 0.397 e. The number of amides is 2. The predicted molar refractivity (Wildman–Crippen MR) is 71.2 cm³/mol. The summed E-state index contributed by atoms with van der Waals surface area (Å²) in [5.41, 5.74) is 10.6. The summed E-state index contributed by atoms with van der Waals surface area (Å²) in [6, 6.07) is 4.79. The second-order valence-electron chi connectivity index (χ2n) is 4.63. The van der Waals surface area contributed by atoms with Gasteiger partial charge in [0.1, 0.15) is 0 Å². The number of carbonyl (C=O) groups excluding carboxylic acids is 2. The van der Waals surface area contributed by atoms with Crippen LogP contribution in [0.1, 0.15) is 24.2 Å². The van der Waals surface area contributed by atoms with Gasteiger partial charge in [0, 0.05) is 6.54 Å². The molecule has 0 atom stereocenters. The lowest BCUT2D eigenvalue weighted by Gasteiger charge is -2.21. The fraction of sp³-hybridized carbons (Fsp3) is 0.333. The summed E-state index contributed by atoms with van der Waals surface area (Å²) in [4.78, 5) is 23.0. The maximum atomic E-state index is 11.9. The van der Waals surface area contributed by atoms with Crippen molar-refractivity contribution < 1.29 is 9.59 Å². The molecular formula is C12H16ClN3O2. The second-order valence-corrected chi connectivity index (χ2v) is 5.04. The Hall–Kier alpha value is -1.75. The van der Waals surface area contributed by atoms with Gasteiger partial charge in [-0.15, -0.1) is 0 Å². The molecule has 0 spiro atoms. The van der Waals surface area contributed by atoms with Gasteiger partial charge in [-0.05, 0) is 26.0 Å². The molecule has 0 saturated heterocycles. The zero-order chi connectivity index (χ0) is 13.9. The summed E-state index contributed by atoms with van der Waals surface area (Å²) in [6.45, 7) is 3.43. The van der Waals surface area contributed by atoms with Gasteiger partial charge in [0.2, 0.25) is 5.91 Å². The molecule has 1 aromatic rings. The molecule has 18 heavy (non-hydrogen) atoms. The van der Waals surface area contributed by atoms with Crippen LogP contribution in [0.3, 0.4) is 0 Å². The first-order valence-corrected chi connectivity index (χ1v) is 5.75. The van der Waals surface area contributed by atoms with Crippen molar-refractivity contribution >= 4 is 29.1 Å². The molecule has 0 aliphatic rings. The van der Waals surface area contributed by atoms with E-state index in [2.05, 4.69) is 5.32 Å². The standard InChI is InChI=1S/C12H16ClN3O2/c1-12(2,11(15)18)6-16-10(17)7-4-3-5-8(13)9(7)14/h3-5H,6,14H2,1-2H3,(H2,15,18)(H,16,17). The lowest BCUT2D eigenvalue weighted by atomic mass is 9.92. The maximum Gasteiger partial charge on any atom is 0.253 e. The minimum absolute atomic E-state index is 0.132. The highest BCUT2D eigenvalue weighted by molar-refractivity contribution is 6.33. The highest BCUT2D eigenvalue weighted by Crippen LogP contribution is 2.22. The number of hydrogen-bond donors (Lipinski definition) is 3. The zero-order valence-corrected chi connectivity index (χ0v) is 11.0. The highest BCUT2D eigenvalue weighted by Gasteiger charge is 2.26. The number of para-hydroxylation sites is 1. The Bertz CT molecular complexity index is 486. The third-order valence-corrected chi connectivity index (χ3v) is 2.99. The summed E-state index contributed by atoms with van der Waals surface area (Å²) >= 11 is 5.82. The maximum absolute atomic E-state index is 11.9. The summed E-state index contributed by atoms with van der Waals surface area (Å²) < 4.78 is 0. The van der Waals surface area contributed by atoms with Gasteiger partial charge < -0.3 is 16.8 Å². The molecule has 0 fully saturated rings. The van der Waals surface area contributed by atoms with Crippen LogP contribution in [0, 0.1) is 5.41 Å². The molecule has 0 unspecified atom stereocenters. The number of nitrogens with one attached hydrogen (secondary N) is 1. The van der Waals surface area contributed by atoms with Crippen molar-refractivity contribution in [3.63, 3.8) is 0 Å².